The highest BCUT2D eigenvalue weighted by atomic mass is 79.9. The van der Waals surface area contributed by atoms with Gasteiger partial charge < -0.3 is 20.6 Å². The van der Waals surface area contributed by atoms with Crippen LogP contribution in [-0.2, 0) is 6.54 Å². The van der Waals surface area contributed by atoms with E-state index in [0.717, 1.165) is 16.5 Å². The summed E-state index contributed by atoms with van der Waals surface area (Å²) in [6, 6.07) is 3.81. The van der Waals surface area contributed by atoms with E-state index in [0.29, 0.717) is 24.7 Å². The van der Waals surface area contributed by atoms with Gasteiger partial charge >= 0.3 is 0 Å². The molecule has 21 heavy (non-hydrogen) atoms. The molecule has 1 aromatic carbocycles. The fraction of sp³-hybridized carbons (Fsp3) is 0.417. The summed E-state index contributed by atoms with van der Waals surface area (Å²) in [5, 5.41) is 10.8. The Kier molecular flexibility index (Phi) is 5.20. The lowest BCUT2D eigenvalue weighted by Crippen LogP contribution is -2.19. The third-order valence-corrected chi connectivity index (χ3v) is 3.14. The maximum atomic E-state index is 5.79. The smallest absolute Gasteiger partial charge is 0.260 e. The highest BCUT2D eigenvalue weighted by Crippen LogP contribution is 2.35. The van der Waals surface area contributed by atoms with Crippen LogP contribution in [0.15, 0.2) is 16.6 Å². The summed E-state index contributed by atoms with van der Waals surface area (Å²) in [7, 11) is 1.61. The number of aromatic nitrogens is 4. The van der Waals surface area contributed by atoms with Crippen molar-refractivity contribution in [2.75, 3.05) is 24.9 Å². The van der Waals surface area contributed by atoms with Crippen molar-refractivity contribution in [2.24, 2.45) is 0 Å². The number of hydrogen-bond donors (Lipinski definition) is 2. The Bertz CT molecular complexity index is 603. The predicted octanol–water partition coefficient (Wildman–Crippen LogP) is 1.56. The van der Waals surface area contributed by atoms with E-state index in [1.54, 1.807) is 7.11 Å². The Balaban J connectivity index is 2.23. The zero-order valence-electron chi connectivity index (χ0n) is 11.8. The predicted molar refractivity (Wildman–Crippen MR) is 81.8 cm³/mol. The van der Waals surface area contributed by atoms with Crippen LogP contribution in [0.25, 0.3) is 0 Å². The summed E-state index contributed by atoms with van der Waals surface area (Å²) in [6.07, 6.45) is 0.909. The van der Waals surface area contributed by atoms with Crippen molar-refractivity contribution in [1.29, 1.82) is 0 Å². The van der Waals surface area contributed by atoms with Crippen LogP contribution in [0.5, 0.6) is 11.5 Å². The van der Waals surface area contributed by atoms with Crippen LogP contribution in [0.1, 0.15) is 18.9 Å². The van der Waals surface area contributed by atoms with E-state index in [1.165, 1.54) is 4.79 Å². The minimum Gasteiger partial charge on any atom is -0.493 e. The van der Waals surface area contributed by atoms with Gasteiger partial charge in [-0.3, -0.25) is 0 Å². The molecule has 0 bridgehead atoms. The number of nitrogens with one attached hydrogen (secondary N) is 1. The largest absolute Gasteiger partial charge is 0.493 e. The number of benzene rings is 1. The third kappa shape index (κ3) is 3.75. The van der Waals surface area contributed by atoms with E-state index in [9.17, 15) is 0 Å². The van der Waals surface area contributed by atoms with Crippen LogP contribution in [0.3, 0.4) is 0 Å². The summed E-state index contributed by atoms with van der Waals surface area (Å²) >= 11 is 3.45. The normalized spacial score (nSPS) is 10.4. The SMILES string of the molecule is CCCOc1c(CNn2nnnc2N)cc(Br)cc1OC. The molecule has 8 nitrogen and oxygen atoms in total. The summed E-state index contributed by atoms with van der Waals surface area (Å²) in [5.74, 6) is 1.55. The Morgan fingerprint density at radius 1 is 1.43 bits per heavy atom. The standard InChI is InChI=1S/C12H17BrN6O2/c1-3-4-21-11-8(5-9(13)6-10(11)20-2)7-15-19-12(14)16-17-18-19/h5-6,15H,3-4,7H2,1-2H3,(H2,14,16,18). The number of nitrogen functional groups attached to an aromatic ring is 1. The average molecular weight is 357 g/mol. The van der Waals surface area contributed by atoms with E-state index in [2.05, 4.69) is 36.9 Å². The molecule has 2 aromatic rings. The second-order valence-corrected chi connectivity index (χ2v) is 5.14. The van der Waals surface area contributed by atoms with Crippen LogP contribution >= 0.6 is 15.9 Å². The number of rotatable bonds is 7. The van der Waals surface area contributed by atoms with Crippen LogP contribution in [0.2, 0.25) is 0 Å². The molecule has 3 N–H and O–H groups in total. The van der Waals surface area contributed by atoms with Crippen molar-refractivity contribution in [3.8, 4) is 11.5 Å². The molecule has 0 aliphatic rings. The van der Waals surface area contributed by atoms with Crippen LogP contribution in [0.4, 0.5) is 5.95 Å². The molecule has 0 spiro atoms. The molecule has 114 valence electrons. The number of ether oxygens (including phenoxy) is 2. The van der Waals surface area contributed by atoms with Gasteiger partial charge in [-0.05, 0) is 29.0 Å². The number of tetrazole rings is 1. The molecular formula is C12H17BrN6O2. The van der Waals surface area contributed by atoms with Crippen molar-refractivity contribution in [1.82, 2.24) is 20.3 Å². The third-order valence-electron chi connectivity index (χ3n) is 2.68. The number of halogens is 1. The van der Waals surface area contributed by atoms with Gasteiger partial charge in [0.15, 0.2) is 11.5 Å². The number of hydrogen-bond acceptors (Lipinski definition) is 7. The Morgan fingerprint density at radius 2 is 2.24 bits per heavy atom. The van der Waals surface area contributed by atoms with Gasteiger partial charge in [0.2, 0.25) is 0 Å². The van der Waals surface area contributed by atoms with Crippen LogP contribution < -0.4 is 20.6 Å². The summed E-state index contributed by atoms with van der Waals surface area (Å²) < 4.78 is 12.0. The van der Waals surface area contributed by atoms with Gasteiger partial charge in [-0.2, -0.15) is 0 Å². The lowest BCUT2D eigenvalue weighted by atomic mass is 10.2. The topological polar surface area (TPSA) is 100 Å². The maximum absolute atomic E-state index is 5.79. The van der Waals surface area contributed by atoms with E-state index in [-0.39, 0.29) is 5.95 Å². The zero-order chi connectivity index (χ0) is 15.2. The van der Waals surface area contributed by atoms with E-state index < -0.39 is 0 Å². The van der Waals surface area contributed by atoms with Crippen molar-refractivity contribution >= 4 is 21.9 Å². The van der Waals surface area contributed by atoms with Gasteiger partial charge in [0, 0.05) is 10.0 Å². The minimum atomic E-state index is 0.188. The number of nitrogens with zero attached hydrogens (tertiary/aromatic N) is 4. The molecule has 0 saturated carbocycles. The number of nitrogens with two attached hydrogens (primary N) is 1. The van der Waals surface area contributed by atoms with Crippen LogP contribution in [-0.4, -0.2) is 34.0 Å². The molecule has 0 unspecified atom stereocenters. The van der Waals surface area contributed by atoms with Crippen LogP contribution in [0, 0.1) is 0 Å². The monoisotopic (exact) mass is 356 g/mol. The molecule has 0 saturated heterocycles. The number of anilines is 1. The van der Waals surface area contributed by atoms with Crippen molar-refractivity contribution in [3.05, 3.63) is 22.2 Å². The summed E-state index contributed by atoms with van der Waals surface area (Å²) in [4.78, 5) is 1.30. The lowest BCUT2D eigenvalue weighted by molar-refractivity contribution is 0.291. The second-order valence-electron chi connectivity index (χ2n) is 4.23. The molecule has 2 rings (SSSR count). The van der Waals surface area contributed by atoms with E-state index >= 15 is 0 Å². The van der Waals surface area contributed by atoms with E-state index in [1.807, 2.05) is 19.1 Å². The molecule has 0 fully saturated rings. The summed E-state index contributed by atoms with van der Waals surface area (Å²) in [6.45, 7) is 3.09. The highest BCUT2D eigenvalue weighted by Gasteiger charge is 2.13. The fourth-order valence-corrected chi connectivity index (χ4v) is 2.22. The first kappa shape index (κ1) is 15.4. The lowest BCUT2D eigenvalue weighted by Gasteiger charge is -2.16. The molecule has 1 aromatic heterocycles. The zero-order valence-corrected chi connectivity index (χ0v) is 13.4. The molecule has 0 aliphatic heterocycles. The molecule has 9 heteroatoms. The average Bonchev–Trinajstić information content (AvgIpc) is 2.88. The van der Waals surface area contributed by atoms with Gasteiger partial charge in [0.1, 0.15) is 0 Å². The first-order valence-electron chi connectivity index (χ1n) is 6.42. The number of methoxy groups -OCH3 is 1. The first-order valence-corrected chi connectivity index (χ1v) is 7.22. The molecular weight excluding hydrogens is 340 g/mol. The second kappa shape index (κ2) is 7.11. The molecule has 0 radical (unpaired) electrons. The van der Waals surface area contributed by atoms with Gasteiger partial charge in [0.05, 0.1) is 20.3 Å². The fourth-order valence-electron chi connectivity index (χ4n) is 1.74. The molecule has 0 amide bonds. The maximum Gasteiger partial charge on any atom is 0.260 e. The Hall–Kier alpha value is -2.03. The minimum absolute atomic E-state index is 0.188. The quantitative estimate of drug-likeness (QED) is 0.776. The van der Waals surface area contributed by atoms with E-state index in [4.69, 9.17) is 15.2 Å². The van der Waals surface area contributed by atoms with Crippen molar-refractivity contribution in [2.45, 2.75) is 19.9 Å². The van der Waals surface area contributed by atoms with Gasteiger partial charge in [-0.25, -0.2) is 0 Å². The van der Waals surface area contributed by atoms with Gasteiger partial charge in [-0.1, -0.05) is 28.0 Å². The van der Waals surface area contributed by atoms with Crippen molar-refractivity contribution < 1.29 is 9.47 Å². The highest BCUT2D eigenvalue weighted by molar-refractivity contribution is 9.10. The van der Waals surface area contributed by atoms with Gasteiger partial charge in [-0.15, -0.1) is 4.79 Å². The summed E-state index contributed by atoms with van der Waals surface area (Å²) in [5.41, 5.74) is 9.52. The van der Waals surface area contributed by atoms with Crippen molar-refractivity contribution in [3.63, 3.8) is 0 Å². The Labute approximate surface area is 130 Å². The first-order chi connectivity index (χ1) is 10.2. The molecule has 0 atom stereocenters. The molecule has 1 heterocycles. The molecule has 0 aliphatic carbocycles. The van der Waals surface area contributed by atoms with Gasteiger partial charge in [0.25, 0.3) is 5.95 Å². The Morgan fingerprint density at radius 3 is 2.86 bits per heavy atom.